The number of hydrogen-bond acceptors (Lipinski definition) is 4. The Morgan fingerprint density at radius 1 is 1.07 bits per heavy atom. The summed E-state index contributed by atoms with van der Waals surface area (Å²) in [6.45, 7) is 1.64. The van der Waals surface area contributed by atoms with Gasteiger partial charge in [-0.05, 0) is 24.6 Å². The monoisotopic (exact) mass is 403 g/mol. The molecule has 0 aliphatic rings. The van der Waals surface area contributed by atoms with Crippen LogP contribution >= 0.6 is 0 Å². The maximum atomic E-state index is 13.9. The van der Waals surface area contributed by atoms with Crippen LogP contribution < -0.4 is 10.6 Å². The van der Waals surface area contributed by atoms with Gasteiger partial charge in [-0.1, -0.05) is 35.5 Å². The maximum absolute atomic E-state index is 13.9. The zero-order chi connectivity index (χ0) is 21.0. The third-order valence-corrected chi connectivity index (χ3v) is 4.06. The Morgan fingerprint density at radius 2 is 1.79 bits per heavy atom. The van der Waals surface area contributed by atoms with Crippen LogP contribution in [0.4, 0.5) is 19.0 Å². The normalized spacial score (nSPS) is 11.7. The van der Waals surface area contributed by atoms with Gasteiger partial charge in [0.1, 0.15) is 11.8 Å². The number of anilines is 1. The van der Waals surface area contributed by atoms with Crippen LogP contribution in [0.15, 0.2) is 53.1 Å². The van der Waals surface area contributed by atoms with E-state index in [1.54, 1.807) is 37.3 Å². The van der Waals surface area contributed by atoms with Gasteiger partial charge in [-0.15, -0.1) is 0 Å². The highest BCUT2D eigenvalue weighted by Gasteiger charge is 2.26. The SMILES string of the molecule is Cc1cc(NC(=O)[C@H](Cc2ccccc2)NC(=O)c2ccc(F)c(F)c2F)no1. The minimum absolute atomic E-state index is 0.0700. The molecule has 29 heavy (non-hydrogen) atoms. The van der Waals surface area contributed by atoms with E-state index in [2.05, 4.69) is 15.8 Å². The average molecular weight is 403 g/mol. The van der Waals surface area contributed by atoms with Crippen LogP contribution in [0, 0.1) is 24.4 Å². The van der Waals surface area contributed by atoms with Crippen LogP contribution in [0.2, 0.25) is 0 Å². The molecule has 150 valence electrons. The van der Waals surface area contributed by atoms with E-state index < -0.39 is 40.9 Å². The van der Waals surface area contributed by atoms with Crippen molar-refractivity contribution in [3.8, 4) is 0 Å². The molecule has 0 aliphatic heterocycles. The van der Waals surface area contributed by atoms with Gasteiger partial charge in [-0.3, -0.25) is 9.59 Å². The largest absolute Gasteiger partial charge is 0.360 e. The molecule has 0 radical (unpaired) electrons. The minimum Gasteiger partial charge on any atom is -0.360 e. The summed E-state index contributed by atoms with van der Waals surface area (Å²) in [4.78, 5) is 25.1. The minimum atomic E-state index is -1.76. The lowest BCUT2D eigenvalue weighted by Gasteiger charge is -2.18. The van der Waals surface area contributed by atoms with Crippen LogP contribution in [-0.4, -0.2) is 23.0 Å². The lowest BCUT2D eigenvalue weighted by Crippen LogP contribution is -2.45. The zero-order valence-corrected chi connectivity index (χ0v) is 15.2. The number of nitrogens with zero attached hydrogens (tertiary/aromatic N) is 1. The molecule has 2 aromatic carbocycles. The van der Waals surface area contributed by atoms with Crippen molar-refractivity contribution in [1.29, 1.82) is 0 Å². The van der Waals surface area contributed by atoms with E-state index in [1.165, 1.54) is 6.07 Å². The highest BCUT2D eigenvalue weighted by atomic mass is 19.2. The second-order valence-electron chi connectivity index (χ2n) is 6.25. The second kappa shape index (κ2) is 8.59. The smallest absolute Gasteiger partial charge is 0.255 e. The molecule has 0 unspecified atom stereocenters. The van der Waals surface area contributed by atoms with Gasteiger partial charge in [0.25, 0.3) is 5.91 Å². The van der Waals surface area contributed by atoms with Gasteiger partial charge < -0.3 is 15.2 Å². The number of amides is 2. The average Bonchev–Trinajstić information content (AvgIpc) is 3.11. The molecule has 6 nitrogen and oxygen atoms in total. The number of nitrogens with one attached hydrogen (secondary N) is 2. The molecule has 3 aromatic rings. The Morgan fingerprint density at radius 3 is 2.45 bits per heavy atom. The van der Waals surface area contributed by atoms with E-state index in [9.17, 15) is 22.8 Å². The molecular formula is C20H16F3N3O3. The van der Waals surface area contributed by atoms with Gasteiger partial charge in [0.15, 0.2) is 23.3 Å². The van der Waals surface area contributed by atoms with Gasteiger partial charge in [0.05, 0.1) is 5.56 Å². The van der Waals surface area contributed by atoms with Gasteiger partial charge in [0, 0.05) is 12.5 Å². The van der Waals surface area contributed by atoms with E-state index in [0.717, 1.165) is 11.6 Å². The highest BCUT2D eigenvalue weighted by molar-refractivity contribution is 6.01. The Kier molecular flexibility index (Phi) is 5.96. The summed E-state index contributed by atoms with van der Waals surface area (Å²) in [5, 5.41) is 8.49. The van der Waals surface area contributed by atoms with Gasteiger partial charge in [-0.2, -0.15) is 0 Å². The van der Waals surface area contributed by atoms with Crippen LogP contribution in [0.5, 0.6) is 0 Å². The van der Waals surface area contributed by atoms with Crippen molar-refractivity contribution < 1.29 is 27.3 Å². The van der Waals surface area contributed by atoms with Gasteiger partial charge in [0.2, 0.25) is 5.91 Å². The molecule has 1 atom stereocenters. The first kappa shape index (κ1) is 20.1. The molecule has 0 fully saturated rings. The number of halogens is 3. The Balaban J connectivity index is 1.83. The molecule has 0 bridgehead atoms. The van der Waals surface area contributed by atoms with E-state index in [4.69, 9.17) is 4.52 Å². The Labute approximate surface area is 163 Å². The summed E-state index contributed by atoms with van der Waals surface area (Å²) in [5.74, 6) is -5.91. The first-order valence-electron chi connectivity index (χ1n) is 8.57. The number of carbonyl (C=O) groups is 2. The van der Waals surface area contributed by atoms with Crippen molar-refractivity contribution in [1.82, 2.24) is 10.5 Å². The van der Waals surface area contributed by atoms with Crippen LogP contribution in [0.25, 0.3) is 0 Å². The molecule has 0 spiro atoms. The van der Waals surface area contributed by atoms with Crippen molar-refractivity contribution in [3.63, 3.8) is 0 Å². The summed E-state index contributed by atoms with van der Waals surface area (Å²) < 4.78 is 45.4. The van der Waals surface area contributed by atoms with E-state index in [-0.39, 0.29) is 12.2 Å². The van der Waals surface area contributed by atoms with Crippen molar-refractivity contribution in [2.24, 2.45) is 0 Å². The number of aryl methyl sites for hydroxylation is 1. The predicted octanol–water partition coefficient (Wildman–Crippen LogP) is 3.38. The summed E-state index contributed by atoms with van der Waals surface area (Å²) in [6, 6.07) is 10.5. The van der Waals surface area contributed by atoms with E-state index in [1.807, 2.05) is 0 Å². The number of hydrogen-bond donors (Lipinski definition) is 2. The fraction of sp³-hybridized carbons (Fsp3) is 0.150. The number of carbonyl (C=O) groups excluding carboxylic acids is 2. The van der Waals surface area contributed by atoms with Crippen molar-refractivity contribution in [2.45, 2.75) is 19.4 Å². The molecule has 2 amide bonds. The van der Waals surface area contributed by atoms with Crippen molar-refractivity contribution >= 4 is 17.6 Å². The van der Waals surface area contributed by atoms with Crippen molar-refractivity contribution in [2.75, 3.05) is 5.32 Å². The number of aromatic nitrogens is 1. The Hall–Kier alpha value is -3.62. The molecule has 1 heterocycles. The summed E-state index contributed by atoms with van der Waals surface area (Å²) in [6.07, 6.45) is 0.0700. The molecule has 3 rings (SSSR count). The fourth-order valence-corrected chi connectivity index (χ4v) is 2.63. The molecule has 0 saturated carbocycles. The van der Waals surface area contributed by atoms with Crippen LogP contribution in [0.3, 0.4) is 0 Å². The predicted molar refractivity (Wildman–Crippen MR) is 97.6 cm³/mol. The van der Waals surface area contributed by atoms with E-state index >= 15 is 0 Å². The third-order valence-electron chi connectivity index (χ3n) is 4.06. The molecular weight excluding hydrogens is 387 g/mol. The lowest BCUT2D eigenvalue weighted by atomic mass is 10.0. The molecule has 0 aliphatic carbocycles. The molecule has 1 aromatic heterocycles. The molecule has 9 heteroatoms. The van der Waals surface area contributed by atoms with Crippen LogP contribution in [-0.2, 0) is 11.2 Å². The van der Waals surface area contributed by atoms with Gasteiger partial charge >= 0.3 is 0 Å². The number of rotatable bonds is 6. The topological polar surface area (TPSA) is 84.2 Å². The summed E-state index contributed by atoms with van der Waals surface area (Å²) in [7, 11) is 0. The summed E-state index contributed by atoms with van der Waals surface area (Å²) >= 11 is 0. The number of benzene rings is 2. The first-order valence-corrected chi connectivity index (χ1v) is 8.57. The fourth-order valence-electron chi connectivity index (χ4n) is 2.63. The first-order chi connectivity index (χ1) is 13.8. The molecule has 2 N–H and O–H groups in total. The zero-order valence-electron chi connectivity index (χ0n) is 15.2. The summed E-state index contributed by atoms with van der Waals surface area (Å²) in [5.41, 5.74) is 0.00193. The van der Waals surface area contributed by atoms with Gasteiger partial charge in [-0.25, -0.2) is 13.2 Å². The second-order valence-corrected chi connectivity index (χ2v) is 6.25. The third kappa shape index (κ3) is 4.81. The van der Waals surface area contributed by atoms with Crippen LogP contribution in [0.1, 0.15) is 21.7 Å². The van der Waals surface area contributed by atoms with E-state index in [0.29, 0.717) is 11.8 Å². The highest BCUT2D eigenvalue weighted by Crippen LogP contribution is 2.16. The van der Waals surface area contributed by atoms with Crippen molar-refractivity contribution in [3.05, 3.63) is 82.9 Å². The quantitative estimate of drug-likeness (QED) is 0.618. The standard InChI is InChI=1S/C20H16F3N3O3/c1-11-9-16(26-29-11)25-20(28)15(10-12-5-3-2-4-6-12)24-19(27)13-7-8-14(21)18(23)17(13)22/h2-9,15H,10H2,1H3,(H,24,27)(H,25,26,28)/t15-/m0/s1. The lowest BCUT2D eigenvalue weighted by molar-refractivity contribution is -0.118. The Bertz CT molecular complexity index is 1040. The maximum Gasteiger partial charge on any atom is 0.255 e. The molecule has 0 saturated heterocycles.